The summed E-state index contributed by atoms with van der Waals surface area (Å²) in [5.74, 6) is 0.808. The zero-order valence-corrected chi connectivity index (χ0v) is 17.4. The number of H-pyrrole nitrogens is 1. The maximum atomic E-state index is 12.3. The Bertz CT molecular complexity index is 1220. The minimum absolute atomic E-state index is 0.214. The van der Waals surface area contributed by atoms with Crippen molar-refractivity contribution in [1.29, 1.82) is 0 Å². The van der Waals surface area contributed by atoms with Crippen molar-refractivity contribution in [2.45, 2.75) is 33.7 Å². The van der Waals surface area contributed by atoms with Gasteiger partial charge >= 0.3 is 0 Å². The molecule has 0 radical (unpaired) electrons. The van der Waals surface area contributed by atoms with Crippen LogP contribution in [-0.2, 0) is 17.8 Å². The van der Waals surface area contributed by atoms with Gasteiger partial charge in [0.25, 0.3) is 5.91 Å². The Labute approximate surface area is 169 Å². The Hall–Kier alpha value is -3.19. The van der Waals surface area contributed by atoms with Crippen molar-refractivity contribution in [1.82, 2.24) is 24.6 Å². The molecule has 29 heavy (non-hydrogen) atoms. The van der Waals surface area contributed by atoms with E-state index in [-0.39, 0.29) is 5.91 Å². The summed E-state index contributed by atoms with van der Waals surface area (Å²) >= 11 is 0. The molecule has 1 N–H and O–H groups in total. The number of aromatic nitrogens is 4. The minimum Gasteiger partial charge on any atom is -0.350 e. The number of aryl methyl sites for hydroxylation is 3. The van der Waals surface area contributed by atoms with E-state index < -0.39 is 0 Å². The van der Waals surface area contributed by atoms with Crippen LogP contribution >= 0.6 is 0 Å². The average molecular weight is 391 g/mol. The van der Waals surface area contributed by atoms with Crippen molar-refractivity contribution >= 4 is 28.0 Å². The number of hydroxylamine groups is 2. The number of fused-ring (bicyclic) bond motifs is 2. The van der Waals surface area contributed by atoms with E-state index >= 15 is 0 Å². The Balaban J connectivity index is 1.74. The molecule has 0 saturated carbocycles. The fourth-order valence-corrected chi connectivity index (χ4v) is 3.72. The molecule has 0 aliphatic heterocycles. The highest BCUT2D eigenvalue weighted by Gasteiger charge is 2.16. The van der Waals surface area contributed by atoms with Gasteiger partial charge in [0.05, 0.1) is 13.7 Å². The van der Waals surface area contributed by atoms with Crippen molar-refractivity contribution in [3.05, 3.63) is 58.7 Å². The summed E-state index contributed by atoms with van der Waals surface area (Å²) in [6.45, 7) is 6.88. The Morgan fingerprint density at radius 3 is 2.72 bits per heavy atom. The molecular weight excluding hydrogens is 366 g/mol. The van der Waals surface area contributed by atoms with E-state index in [1.807, 2.05) is 19.1 Å². The molecule has 4 aromatic rings. The van der Waals surface area contributed by atoms with Crippen LogP contribution in [0.3, 0.4) is 0 Å². The normalized spacial score (nSPS) is 11.5. The lowest BCUT2D eigenvalue weighted by Crippen LogP contribution is -2.25. The first-order valence-corrected chi connectivity index (χ1v) is 9.68. The smallest absolute Gasteiger partial charge is 0.293 e. The summed E-state index contributed by atoms with van der Waals surface area (Å²) in [6.07, 6.45) is 0.837. The SMILES string of the molecule is CCc1nc2c(C)cc(C)nc2n1Cc1ccc2[nH]c(C(=O)N(C)OC)cc2c1. The number of amides is 1. The van der Waals surface area contributed by atoms with Crippen LogP contribution in [0.2, 0.25) is 0 Å². The van der Waals surface area contributed by atoms with Crippen LogP contribution in [0.15, 0.2) is 30.3 Å². The number of nitrogens with zero attached hydrogens (tertiary/aromatic N) is 4. The molecule has 3 aromatic heterocycles. The number of pyridine rings is 1. The van der Waals surface area contributed by atoms with E-state index in [0.29, 0.717) is 12.2 Å². The average Bonchev–Trinajstić information content (AvgIpc) is 3.28. The summed E-state index contributed by atoms with van der Waals surface area (Å²) in [5.41, 5.74) is 6.56. The molecule has 4 rings (SSSR count). The fourth-order valence-electron chi connectivity index (χ4n) is 3.72. The molecule has 1 amide bonds. The van der Waals surface area contributed by atoms with Crippen molar-refractivity contribution in [3.63, 3.8) is 0 Å². The van der Waals surface area contributed by atoms with Crippen LogP contribution in [0, 0.1) is 13.8 Å². The highest BCUT2D eigenvalue weighted by molar-refractivity contribution is 5.97. The highest BCUT2D eigenvalue weighted by Crippen LogP contribution is 2.23. The number of rotatable bonds is 5. The molecule has 0 saturated heterocycles. The predicted octanol–water partition coefficient (Wildman–Crippen LogP) is 3.77. The molecule has 0 aliphatic rings. The lowest BCUT2D eigenvalue weighted by molar-refractivity contribution is -0.0759. The van der Waals surface area contributed by atoms with E-state index in [1.54, 1.807) is 7.05 Å². The van der Waals surface area contributed by atoms with Gasteiger partial charge in [0, 0.05) is 30.1 Å². The first-order valence-electron chi connectivity index (χ1n) is 9.68. The molecule has 0 fully saturated rings. The lowest BCUT2D eigenvalue weighted by Gasteiger charge is -2.11. The van der Waals surface area contributed by atoms with Crippen LogP contribution in [-0.4, -0.2) is 44.6 Å². The van der Waals surface area contributed by atoms with Crippen LogP contribution < -0.4 is 0 Å². The number of imidazole rings is 1. The minimum atomic E-state index is -0.214. The zero-order chi connectivity index (χ0) is 20.7. The standard InChI is InChI=1S/C22H25N5O2/c1-6-19-25-20-13(2)9-14(3)23-21(20)27(19)12-15-7-8-17-16(10-15)11-18(24-17)22(28)26(4)29-5/h7-11,24H,6,12H2,1-5H3. The number of carbonyl (C=O) groups is 1. The van der Waals surface area contributed by atoms with Gasteiger partial charge in [-0.15, -0.1) is 0 Å². The maximum absolute atomic E-state index is 12.3. The van der Waals surface area contributed by atoms with Crippen LogP contribution in [0.5, 0.6) is 0 Å². The number of hydrogen-bond acceptors (Lipinski definition) is 4. The van der Waals surface area contributed by atoms with Crippen molar-refractivity contribution in [3.8, 4) is 0 Å². The molecule has 7 nitrogen and oxygen atoms in total. The Kier molecular flexibility index (Phi) is 4.84. The van der Waals surface area contributed by atoms with Crippen LogP contribution in [0.4, 0.5) is 0 Å². The van der Waals surface area contributed by atoms with Crippen LogP contribution in [0.1, 0.15) is 40.1 Å². The molecule has 0 atom stereocenters. The number of carbonyl (C=O) groups excluding carboxylic acids is 1. The van der Waals surface area contributed by atoms with Gasteiger partial charge in [-0.2, -0.15) is 0 Å². The molecule has 0 aliphatic carbocycles. The molecule has 0 spiro atoms. The van der Waals surface area contributed by atoms with E-state index in [1.165, 1.54) is 12.2 Å². The van der Waals surface area contributed by atoms with Gasteiger partial charge < -0.3 is 9.55 Å². The lowest BCUT2D eigenvalue weighted by atomic mass is 10.1. The van der Waals surface area contributed by atoms with Gasteiger partial charge in [0.1, 0.15) is 17.0 Å². The third kappa shape index (κ3) is 3.38. The molecular formula is C22H25N5O2. The van der Waals surface area contributed by atoms with Gasteiger partial charge in [-0.05, 0) is 49.2 Å². The summed E-state index contributed by atoms with van der Waals surface area (Å²) < 4.78 is 2.19. The topological polar surface area (TPSA) is 76.0 Å². The van der Waals surface area contributed by atoms with Crippen molar-refractivity contribution in [2.24, 2.45) is 0 Å². The first-order chi connectivity index (χ1) is 13.9. The van der Waals surface area contributed by atoms with Gasteiger partial charge in [-0.25, -0.2) is 15.0 Å². The number of benzene rings is 1. The van der Waals surface area contributed by atoms with E-state index in [9.17, 15) is 4.79 Å². The van der Waals surface area contributed by atoms with Gasteiger partial charge in [-0.3, -0.25) is 9.63 Å². The predicted molar refractivity (Wildman–Crippen MR) is 113 cm³/mol. The van der Waals surface area contributed by atoms with Gasteiger partial charge in [0.15, 0.2) is 5.65 Å². The first kappa shape index (κ1) is 19.1. The second-order valence-corrected chi connectivity index (χ2v) is 7.31. The summed E-state index contributed by atoms with van der Waals surface area (Å²) in [5, 5.41) is 2.19. The molecule has 0 unspecified atom stereocenters. The highest BCUT2D eigenvalue weighted by atomic mass is 16.7. The summed E-state index contributed by atoms with van der Waals surface area (Å²) in [6, 6.07) is 10.1. The van der Waals surface area contributed by atoms with Crippen molar-refractivity contribution < 1.29 is 9.63 Å². The second kappa shape index (κ2) is 7.33. The van der Waals surface area contributed by atoms with E-state index in [0.717, 1.165) is 51.1 Å². The largest absolute Gasteiger partial charge is 0.350 e. The van der Waals surface area contributed by atoms with E-state index in [2.05, 4.69) is 41.6 Å². The molecule has 3 heterocycles. The maximum Gasteiger partial charge on any atom is 0.293 e. The summed E-state index contributed by atoms with van der Waals surface area (Å²) in [7, 11) is 3.06. The quantitative estimate of drug-likeness (QED) is 0.526. The van der Waals surface area contributed by atoms with E-state index in [4.69, 9.17) is 14.8 Å². The third-order valence-corrected chi connectivity index (χ3v) is 5.23. The van der Waals surface area contributed by atoms with Crippen molar-refractivity contribution in [2.75, 3.05) is 14.2 Å². The van der Waals surface area contributed by atoms with Crippen LogP contribution in [0.25, 0.3) is 22.1 Å². The van der Waals surface area contributed by atoms with Gasteiger partial charge in [0.2, 0.25) is 0 Å². The third-order valence-electron chi connectivity index (χ3n) is 5.23. The molecule has 7 heteroatoms. The monoisotopic (exact) mass is 391 g/mol. The number of nitrogens with one attached hydrogen (secondary N) is 1. The van der Waals surface area contributed by atoms with Gasteiger partial charge in [-0.1, -0.05) is 13.0 Å². The number of aromatic amines is 1. The molecule has 150 valence electrons. The molecule has 0 bridgehead atoms. The summed E-state index contributed by atoms with van der Waals surface area (Å²) in [4.78, 5) is 30.0. The zero-order valence-electron chi connectivity index (χ0n) is 17.4. The molecule has 1 aromatic carbocycles. The Morgan fingerprint density at radius 2 is 2.00 bits per heavy atom. The fraction of sp³-hybridized carbons (Fsp3) is 0.318. The number of hydrogen-bond donors (Lipinski definition) is 1. The Morgan fingerprint density at radius 1 is 1.21 bits per heavy atom. The second-order valence-electron chi connectivity index (χ2n) is 7.31.